The summed E-state index contributed by atoms with van der Waals surface area (Å²) in [5.74, 6) is 0. The van der Waals surface area contributed by atoms with Crippen LogP contribution in [-0.2, 0) is 16.4 Å². The number of sulfone groups is 1. The molecule has 0 radical (unpaired) electrons. The van der Waals surface area contributed by atoms with Crippen LogP contribution in [0.1, 0.15) is 12.5 Å². The van der Waals surface area contributed by atoms with E-state index in [2.05, 4.69) is 0 Å². The Balaban J connectivity index is 2.30. The number of aryl methyl sites for hydroxylation is 1. The van der Waals surface area contributed by atoms with Gasteiger partial charge in [0, 0.05) is 6.54 Å². The minimum absolute atomic E-state index is 0.130. The van der Waals surface area contributed by atoms with Crippen molar-refractivity contribution in [2.24, 2.45) is 0 Å². The molecule has 1 aromatic heterocycles. The van der Waals surface area contributed by atoms with Crippen LogP contribution in [0.5, 0.6) is 0 Å². The van der Waals surface area contributed by atoms with Gasteiger partial charge in [-0.2, -0.15) is 0 Å². The van der Waals surface area contributed by atoms with E-state index in [1.807, 2.05) is 37.3 Å². The number of nitrogens with zero attached hydrogens (tertiary/aromatic N) is 1. The van der Waals surface area contributed by atoms with E-state index in [9.17, 15) is 13.2 Å². The van der Waals surface area contributed by atoms with Crippen LogP contribution in [0.2, 0.25) is 0 Å². The van der Waals surface area contributed by atoms with Crippen LogP contribution >= 0.6 is 0 Å². The fraction of sp³-hybridized carbons (Fsp3) is 0.150. The molecule has 1 heterocycles. The third-order valence-corrected chi connectivity index (χ3v) is 6.08. The van der Waals surface area contributed by atoms with E-state index < -0.39 is 15.4 Å². The standard InChI is InChI=1S/C20H19NO3S/c1-3-21-18(16-10-6-4-7-11-16)14-15(2)19(20(21)22)25(23,24)17-12-8-5-9-13-17/h4-14H,3H2,1-2H3. The monoisotopic (exact) mass is 353 g/mol. The highest BCUT2D eigenvalue weighted by Crippen LogP contribution is 2.25. The lowest BCUT2D eigenvalue weighted by Crippen LogP contribution is -2.28. The molecule has 0 saturated carbocycles. The van der Waals surface area contributed by atoms with Crippen molar-refractivity contribution < 1.29 is 8.42 Å². The quantitative estimate of drug-likeness (QED) is 0.719. The summed E-state index contributed by atoms with van der Waals surface area (Å²) in [5, 5.41) is 0. The van der Waals surface area contributed by atoms with Gasteiger partial charge in [0.05, 0.1) is 10.6 Å². The van der Waals surface area contributed by atoms with Crippen molar-refractivity contribution in [2.45, 2.75) is 30.2 Å². The van der Waals surface area contributed by atoms with Gasteiger partial charge in [0.25, 0.3) is 5.56 Å². The second-order valence-corrected chi connectivity index (χ2v) is 7.66. The van der Waals surface area contributed by atoms with E-state index in [0.29, 0.717) is 12.1 Å². The first-order valence-corrected chi connectivity index (χ1v) is 9.55. The molecule has 0 bridgehead atoms. The summed E-state index contributed by atoms with van der Waals surface area (Å²) in [7, 11) is -3.87. The maximum absolute atomic E-state index is 13.0. The van der Waals surface area contributed by atoms with Crippen molar-refractivity contribution in [1.29, 1.82) is 0 Å². The molecule has 5 heteroatoms. The number of hydrogen-bond acceptors (Lipinski definition) is 3. The third-order valence-electron chi connectivity index (χ3n) is 4.15. The first-order valence-electron chi connectivity index (χ1n) is 8.06. The van der Waals surface area contributed by atoms with Crippen LogP contribution in [-0.4, -0.2) is 13.0 Å². The van der Waals surface area contributed by atoms with E-state index in [4.69, 9.17) is 0 Å². The lowest BCUT2D eigenvalue weighted by Gasteiger charge is -2.16. The molecule has 0 aliphatic heterocycles. The summed E-state index contributed by atoms with van der Waals surface area (Å²) in [5.41, 5.74) is 1.58. The van der Waals surface area contributed by atoms with Gasteiger partial charge in [-0.25, -0.2) is 8.42 Å². The Hall–Kier alpha value is -2.66. The van der Waals surface area contributed by atoms with Crippen molar-refractivity contribution >= 4 is 9.84 Å². The zero-order valence-corrected chi connectivity index (χ0v) is 15.0. The molecular weight excluding hydrogens is 334 g/mol. The molecule has 25 heavy (non-hydrogen) atoms. The van der Waals surface area contributed by atoms with Crippen molar-refractivity contribution in [2.75, 3.05) is 0 Å². The molecular formula is C20H19NO3S. The van der Waals surface area contributed by atoms with Crippen molar-refractivity contribution in [3.8, 4) is 11.3 Å². The molecule has 3 aromatic rings. The Labute approximate surface area is 147 Å². The predicted octanol–water partition coefficient (Wildman–Crippen LogP) is 3.68. The SMILES string of the molecule is CCn1c(-c2ccccc2)cc(C)c(S(=O)(=O)c2ccccc2)c1=O. The molecule has 0 aliphatic carbocycles. The van der Waals surface area contributed by atoms with Gasteiger partial charge in [-0.05, 0) is 43.2 Å². The molecule has 0 N–H and O–H groups in total. The number of rotatable bonds is 4. The fourth-order valence-corrected chi connectivity index (χ4v) is 4.53. The maximum atomic E-state index is 13.0. The zero-order chi connectivity index (χ0) is 18.0. The maximum Gasteiger partial charge on any atom is 0.270 e. The average Bonchev–Trinajstić information content (AvgIpc) is 2.62. The summed E-state index contributed by atoms with van der Waals surface area (Å²) in [6.07, 6.45) is 0. The van der Waals surface area contributed by atoms with Crippen LogP contribution in [0.25, 0.3) is 11.3 Å². The zero-order valence-electron chi connectivity index (χ0n) is 14.1. The minimum Gasteiger partial charge on any atom is -0.307 e. The minimum atomic E-state index is -3.87. The highest BCUT2D eigenvalue weighted by atomic mass is 32.2. The Morgan fingerprint density at radius 1 is 0.920 bits per heavy atom. The number of pyridine rings is 1. The van der Waals surface area contributed by atoms with Crippen molar-refractivity contribution in [3.63, 3.8) is 0 Å². The van der Waals surface area contributed by atoms with E-state index >= 15 is 0 Å². The summed E-state index contributed by atoms with van der Waals surface area (Å²) in [6, 6.07) is 19.3. The van der Waals surface area contributed by atoms with Crippen LogP contribution in [0.4, 0.5) is 0 Å². The molecule has 0 aliphatic rings. The topological polar surface area (TPSA) is 56.1 Å². The summed E-state index contributed by atoms with van der Waals surface area (Å²) in [6.45, 7) is 3.90. The molecule has 0 fully saturated rings. The molecule has 2 aromatic carbocycles. The smallest absolute Gasteiger partial charge is 0.270 e. The van der Waals surface area contributed by atoms with E-state index in [-0.39, 0.29) is 9.79 Å². The molecule has 0 spiro atoms. The number of aromatic nitrogens is 1. The van der Waals surface area contributed by atoms with Crippen LogP contribution in [0, 0.1) is 6.92 Å². The Morgan fingerprint density at radius 3 is 2.04 bits per heavy atom. The fourth-order valence-electron chi connectivity index (χ4n) is 2.96. The van der Waals surface area contributed by atoms with Gasteiger partial charge in [-0.3, -0.25) is 4.79 Å². The second-order valence-electron chi connectivity index (χ2n) is 5.77. The highest BCUT2D eigenvalue weighted by molar-refractivity contribution is 7.91. The molecule has 0 amide bonds. The predicted molar refractivity (Wildman–Crippen MR) is 98.4 cm³/mol. The molecule has 128 valence electrons. The largest absolute Gasteiger partial charge is 0.307 e. The normalized spacial score (nSPS) is 11.4. The second kappa shape index (κ2) is 6.69. The first kappa shape index (κ1) is 17.2. The molecule has 0 unspecified atom stereocenters. The highest BCUT2D eigenvalue weighted by Gasteiger charge is 2.26. The van der Waals surface area contributed by atoms with Crippen LogP contribution < -0.4 is 5.56 Å². The lowest BCUT2D eigenvalue weighted by molar-refractivity contribution is 0.590. The van der Waals surface area contributed by atoms with Gasteiger partial charge in [0.15, 0.2) is 0 Å². The molecule has 0 atom stereocenters. The van der Waals surface area contributed by atoms with Crippen LogP contribution in [0.3, 0.4) is 0 Å². The van der Waals surface area contributed by atoms with Gasteiger partial charge in [-0.15, -0.1) is 0 Å². The number of hydrogen-bond donors (Lipinski definition) is 0. The first-order chi connectivity index (χ1) is 12.0. The molecule has 0 saturated heterocycles. The van der Waals surface area contributed by atoms with Gasteiger partial charge in [-0.1, -0.05) is 48.5 Å². The number of benzene rings is 2. The van der Waals surface area contributed by atoms with E-state index in [0.717, 1.165) is 11.3 Å². The Bertz CT molecular complexity index is 1050. The summed E-state index contributed by atoms with van der Waals surface area (Å²) >= 11 is 0. The van der Waals surface area contributed by atoms with Crippen molar-refractivity contribution in [3.05, 3.63) is 82.6 Å². The molecule has 3 rings (SSSR count). The molecule has 4 nitrogen and oxygen atoms in total. The van der Waals surface area contributed by atoms with E-state index in [1.54, 1.807) is 31.2 Å². The van der Waals surface area contributed by atoms with E-state index in [1.165, 1.54) is 16.7 Å². The Morgan fingerprint density at radius 2 is 1.48 bits per heavy atom. The average molecular weight is 353 g/mol. The van der Waals surface area contributed by atoms with Crippen molar-refractivity contribution in [1.82, 2.24) is 4.57 Å². The third kappa shape index (κ3) is 3.03. The summed E-state index contributed by atoms with van der Waals surface area (Å²) in [4.78, 5) is 13.0. The lowest BCUT2D eigenvalue weighted by atomic mass is 10.1. The van der Waals surface area contributed by atoms with Gasteiger partial charge in [0.1, 0.15) is 4.90 Å². The van der Waals surface area contributed by atoms with Gasteiger partial charge in [0.2, 0.25) is 9.84 Å². The van der Waals surface area contributed by atoms with Gasteiger partial charge >= 0.3 is 0 Å². The van der Waals surface area contributed by atoms with Gasteiger partial charge < -0.3 is 4.57 Å². The Kier molecular flexibility index (Phi) is 4.59. The summed E-state index contributed by atoms with van der Waals surface area (Å²) < 4.78 is 27.5. The van der Waals surface area contributed by atoms with Crippen LogP contribution in [0.15, 0.2) is 81.3 Å².